The van der Waals surface area contributed by atoms with Crippen molar-refractivity contribution < 1.29 is 19.8 Å². The fourth-order valence-electron chi connectivity index (χ4n) is 1.54. The Bertz CT molecular complexity index is 587. The van der Waals surface area contributed by atoms with E-state index >= 15 is 0 Å². The quantitative estimate of drug-likeness (QED) is 0.602. The molecule has 0 bridgehead atoms. The van der Waals surface area contributed by atoms with Gasteiger partial charge in [-0.05, 0) is 10.8 Å². The van der Waals surface area contributed by atoms with E-state index in [4.69, 9.17) is 5.11 Å². The normalized spacial score (nSPS) is 10.2. The van der Waals surface area contributed by atoms with Crippen LogP contribution in [0.3, 0.4) is 0 Å². The number of Topliss-reactive ketones (excluding diaryl/α,β-unsaturated/α-hetero) is 1. The molecule has 0 saturated heterocycles. The Morgan fingerprint density at radius 3 is 2.44 bits per heavy atom. The first-order valence-electron chi connectivity index (χ1n) is 4.57. The molecular weight excluding hydrogens is 208 g/mol. The van der Waals surface area contributed by atoms with Crippen molar-refractivity contribution in [2.75, 3.05) is 0 Å². The lowest BCUT2D eigenvalue weighted by Crippen LogP contribution is -2.15. The van der Waals surface area contributed by atoms with Crippen LogP contribution in [0.25, 0.3) is 10.8 Å². The maximum atomic E-state index is 11.8. The summed E-state index contributed by atoms with van der Waals surface area (Å²) in [6.45, 7) is 0. The van der Waals surface area contributed by atoms with E-state index in [9.17, 15) is 14.7 Å². The van der Waals surface area contributed by atoms with E-state index < -0.39 is 17.5 Å². The molecule has 0 aliphatic carbocycles. The molecule has 0 amide bonds. The monoisotopic (exact) mass is 215 g/mol. The smallest absolute Gasteiger partial charge is 0.377 e. The molecule has 1 N–H and O–H groups in total. The van der Waals surface area contributed by atoms with Crippen LogP contribution >= 0.6 is 0 Å². The van der Waals surface area contributed by atoms with Crippen molar-refractivity contribution in [1.82, 2.24) is 0 Å². The third kappa shape index (κ3) is 1.50. The molecule has 4 heteroatoms. The summed E-state index contributed by atoms with van der Waals surface area (Å²) in [5, 5.41) is 21.4. The van der Waals surface area contributed by atoms with Gasteiger partial charge in [0.2, 0.25) is 0 Å². The highest BCUT2D eigenvalue weighted by atomic mass is 16.4. The van der Waals surface area contributed by atoms with Gasteiger partial charge in [0, 0.05) is 5.56 Å². The molecule has 0 radical (unpaired) electrons. The van der Waals surface area contributed by atoms with Crippen LogP contribution in [-0.4, -0.2) is 16.9 Å². The van der Waals surface area contributed by atoms with Gasteiger partial charge in [-0.3, -0.25) is 4.79 Å². The molecule has 0 unspecified atom stereocenters. The molecule has 0 heterocycles. The van der Waals surface area contributed by atoms with Gasteiger partial charge in [0.15, 0.2) is 0 Å². The summed E-state index contributed by atoms with van der Waals surface area (Å²) in [4.78, 5) is 21.7. The van der Waals surface area contributed by atoms with Crippen molar-refractivity contribution in [3.05, 3.63) is 42.0 Å². The number of carbonyl (C=O) groups is 2. The van der Waals surface area contributed by atoms with Crippen LogP contribution < -0.4 is 5.11 Å². The standard InChI is InChI=1S/C12H8O4/c13-10-8-4-2-1-3-7(8)5-6-9(10)11(14)12(15)16/h1-6,13H,(H,15,16)/p-1. The molecule has 2 rings (SSSR count). The second-order valence-electron chi connectivity index (χ2n) is 3.30. The van der Waals surface area contributed by atoms with Crippen molar-refractivity contribution in [3.63, 3.8) is 0 Å². The number of benzene rings is 2. The Balaban J connectivity index is 2.70. The zero-order valence-corrected chi connectivity index (χ0v) is 8.14. The van der Waals surface area contributed by atoms with Gasteiger partial charge >= 0.3 is 5.97 Å². The highest BCUT2D eigenvalue weighted by molar-refractivity contribution is 6.41. The van der Waals surface area contributed by atoms with E-state index in [0.29, 0.717) is 10.8 Å². The molecule has 4 nitrogen and oxygen atoms in total. The Kier molecular flexibility index (Phi) is 2.32. The molecule has 2 aromatic rings. The summed E-state index contributed by atoms with van der Waals surface area (Å²) in [6.07, 6.45) is 0. The van der Waals surface area contributed by atoms with Crippen LogP contribution in [0.15, 0.2) is 36.4 Å². The number of hydrogen-bond acceptors (Lipinski definition) is 3. The van der Waals surface area contributed by atoms with Crippen LogP contribution in [0, 0.1) is 0 Å². The minimum absolute atomic E-state index is 0.300. The van der Waals surface area contributed by atoms with Crippen molar-refractivity contribution in [2.24, 2.45) is 0 Å². The lowest BCUT2D eigenvalue weighted by atomic mass is 10.0. The van der Waals surface area contributed by atoms with Crippen LogP contribution in [0.1, 0.15) is 10.4 Å². The number of fused-ring (bicyclic) bond motifs is 1. The first-order chi connectivity index (χ1) is 7.61. The molecule has 80 valence electrons. The number of carboxylic acid groups (broad SMARTS) is 1. The summed E-state index contributed by atoms with van der Waals surface area (Å²) in [6, 6.07) is 9.54. The molecule has 16 heavy (non-hydrogen) atoms. The van der Waals surface area contributed by atoms with Crippen LogP contribution in [-0.2, 0) is 4.79 Å². The van der Waals surface area contributed by atoms with Gasteiger partial charge in [0.1, 0.15) is 0 Å². The van der Waals surface area contributed by atoms with Gasteiger partial charge < -0.3 is 10.2 Å². The second-order valence-corrected chi connectivity index (χ2v) is 3.30. The number of ketones is 1. The van der Waals surface area contributed by atoms with E-state index in [-0.39, 0.29) is 5.56 Å². The van der Waals surface area contributed by atoms with E-state index in [1.54, 1.807) is 30.3 Å². The summed E-state index contributed by atoms with van der Waals surface area (Å²) < 4.78 is 0. The number of aliphatic carboxylic acids is 1. The molecule has 0 aromatic heterocycles. The predicted molar refractivity (Wildman–Crippen MR) is 55.4 cm³/mol. The zero-order valence-electron chi connectivity index (χ0n) is 8.14. The Hall–Kier alpha value is -2.36. The van der Waals surface area contributed by atoms with Crippen molar-refractivity contribution in [1.29, 1.82) is 0 Å². The third-order valence-electron chi connectivity index (χ3n) is 2.32. The lowest BCUT2D eigenvalue weighted by Gasteiger charge is -2.14. The third-order valence-corrected chi connectivity index (χ3v) is 2.32. The Morgan fingerprint density at radius 2 is 1.75 bits per heavy atom. The van der Waals surface area contributed by atoms with E-state index in [1.807, 2.05) is 0 Å². The summed E-state index contributed by atoms with van der Waals surface area (Å²) >= 11 is 0. The highest BCUT2D eigenvalue weighted by Crippen LogP contribution is 2.26. The van der Waals surface area contributed by atoms with Gasteiger partial charge in [0.25, 0.3) is 5.78 Å². The van der Waals surface area contributed by atoms with Gasteiger partial charge in [-0.25, -0.2) is 4.79 Å². The van der Waals surface area contributed by atoms with Crippen molar-refractivity contribution in [2.45, 2.75) is 0 Å². The minimum Gasteiger partial charge on any atom is -0.872 e. The summed E-state index contributed by atoms with van der Waals surface area (Å²) in [5.74, 6) is -3.33. The fourth-order valence-corrected chi connectivity index (χ4v) is 1.54. The van der Waals surface area contributed by atoms with Crippen LogP contribution in [0.4, 0.5) is 0 Å². The minimum atomic E-state index is -1.62. The predicted octanol–water partition coefficient (Wildman–Crippen LogP) is 1.18. The SMILES string of the molecule is O=C(O)C(=O)c1ccc2ccccc2c1[O-]. The first-order valence-corrected chi connectivity index (χ1v) is 4.57. The summed E-state index contributed by atoms with van der Waals surface area (Å²) in [7, 11) is 0. The zero-order chi connectivity index (χ0) is 11.7. The first kappa shape index (κ1) is 10.2. The summed E-state index contributed by atoms with van der Waals surface area (Å²) in [5.41, 5.74) is -0.300. The van der Waals surface area contributed by atoms with Crippen molar-refractivity contribution >= 4 is 22.5 Å². The number of carboxylic acids is 1. The highest BCUT2D eigenvalue weighted by Gasteiger charge is 2.15. The largest absolute Gasteiger partial charge is 0.872 e. The molecule has 0 saturated carbocycles. The Morgan fingerprint density at radius 1 is 1.06 bits per heavy atom. The molecule has 0 aliphatic heterocycles. The van der Waals surface area contributed by atoms with Gasteiger partial charge in [0.05, 0.1) is 0 Å². The molecule has 0 spiro atoms. The van der Waals surface area contributed by atoms with Crippen molar-refractivity contribution in [3.8, 4) is 5.75 Å². The molecular formula is C12H7O4-. The molecule has 0 atom stereocenters. The van der Waals surface area contributed by atoms with E-state index in [2.05, 4.69) is 0 Å². The van der Waals surface area contributed by atoms with E-state index in [1.165, 1.54) is 6.07 Å². The number of rotatable bonds is 2. The maximum absolute atomic E-state index is 11.8. The topological polar surface area (TPSA) is 77.4 Å². The number of hydrogen-bond donors (Lipinski definition) is 1. The average molecular weight is 215 g/mol. The van der Waals surface area contributed by atoms with Gasteiger partial charge in [-0.1, -0.05) is 42.1 Å². The number of carbonyl (C=O) groups excluding carboxylic acids is 1. The lowest BCUT2D eigenvalue weighted by molar-refractivity contribution is -0.266. The van der Waals surface area contributed by atoms with Gasteiger partial charge in [-0.15, -0.1) is 0 Å². The maximum Gasteiger partial charge on any atom is 0.377 e. The molecule has 0 fully saturated rings. The molecule has 2 aromatic carbocycles. The Labute approximate surface area is 90.8 Å². The van der Waals surface area contributed by atoms with E-state index in [0.717, 1.165) is 0 Å². The van der Waals surface area contributed by atoms with Crippen LogP contribution in [0.2, 0.25) is 0 Å². The molecule has 0 aliphatic rings. The fraction of sp³-hybridized carbons (Fsp3) is 0. The van der Waals surface area contributed by atoms with Crippen LogP contribution in [0.5, 0.6) is 5.75 Å². The average Bonchev–Trinajstić information content (AvgIpc) is 2.29. The second kappa shape index (κ2) is 3.66. The van der Waals surface area contributed by atoms with Gasteiger partial charge in [-0.2, -0.15) is 0 Å².